The molecule has 3 rings (SSSR count). The fourth-order valence-electron chi connectivity index (χ4n) is 2.30. The summed E-state index contributed by atoms with van der Waals surface area (Å²) in [6.45, 7) is 0.508. The Labute approximate surface area is 119 Å². The minimum absolute atomic E-state index is 0.208. The second-order valence-electron chi connectivity index (χ2n) is 4.80. The van der Waals surface area contributed by atoms with Crippen LogP contribution < -0.4 is 11.3 Å². The molecule has 1 aromatic carbocycles. The van der Waals surface area contributed by atoms with E-state index >= 15 is 0 Å². The summed E-state index contributed by atoms with van der Waals surface area (Å²) >= 11 is 0. The molecule has 2 heterocycles. The number of benzene rings is 1. The highest BCUT2D eigenvalue weighted by Gasteiger charge is 2.10. The maximum atomic E-state index is 13.4. The van der Waals surface area contributed by atoms with Gasteiger partial charge in [-0.1, -0.05) is 6.07 Å². The van der Waals surface area contributed by atoms with Crippen LogP contribution >= 0.6 is 0 Å². The van der Waals surface area contributed by atoms with Gasteiger partial charge in [0.2, 0.25) is 0 Å². The summed E-state index contributed by atoms with van der Waals surface area (Å²) < 4.78 is 16.4. The van der Waals surface area contributed by atoms with Crippen LogP contribution in [0, 0.1) is 5.82 Å². The standard InChI is InChI=1S/C14H14FN5O/c1-19-13-12(6-18-19)14(21)20(8-17-13)7-10-4-11(15)3-2-9(10)5-16/h2-4,6,8H,5,7,16H2,1H3. The molecule has 0 saturated heterocycles. The molecule has 0 amide bonds. The van der Waals surface area contributed by atoms with E-state index in [-0.39, 0.29) is 24.5 Å². The quantitative estimate of drug-likeness (QED) is 0.772. The van der Waals surface area contributed by atoms with E-state index in [9.17, 15) is 9.18 Å². The Morgan fingerprint density at radius 3 is 2.90 bits per heavy atom. The molecule has 2 N–H and O–H groups in total. The molecule has 21 heavy (non-hydrogen) atoms. The Bertz CT molecular complexity index is 867. The summed E-state index contributed by atoms with van der Waals surface area (Å²) in [6, 6.07) is 4.38. The largest absolute Gasteiger partial charge is 0.326 e. The Morgan fingerprint density at radius 2 is 2.14 bits per heavy atom. The van der Waals surface area contributed by atoms with Crippen LogP contribution in [0.4, 0.5) is 4.39 Å². The van der Waals surface area contributed by atoms with Crippen molar-refractivity contribution in [2.24, 2.45) is 12.8 Å². The van der Waals surface area contributed by atoms with Gasteiger partial charge in [-0.05, 0) is 23.3 Å². The van der Waals surface area contributed by atoms with Crippen LogP contribution in [0.1, 0.15) is 11.1 Å². The second-order valence-corrected chi connectivity index (χ2v) is 4.80. The summed E-state index contributed by atoms with van der Waals surface area (Å²) in [4.78, 5) is 16.6. The van der Waals surface area contributed by atoms with Crippen molar-refractivity contribution in [1.29, 1.82) is 0 Å². The smallest absolute Gasteiger partial charge is 0.264 e. The topological polar surface area (TPSA) is 78.7 Å². The zero-order chi connectivity index (χ0) is 15.0. The number of halogens is 1. The third kappa shape index (κ3) is 2.31. The second kappa shape index (κ2) is 5.10. The van der Waals surface area contributed by atoms with E-state index in [0.717, 1.165) is 5.56 Å². The lowest BCUT2D eigenvalue weighted by molar-refractivity contribution is 0.620. The summed E-state index contributed by atoms with van der Waals surface area (Å²) in [7, 11) is 1.72. The van der Waals surface area contributed by atoms with Crippen LogP contribution in [0.3, 0.4) is 0 Å². The average Bonchev–Trinajstić information content (AvgIpc) is 2.84. The Balaban J connectivity index is 2.08. The van der Waals surface area contributed by atoms with Crippen molar-refractivity contribution in [2.45, 2.75) is 13.1 Å². The molecule has 0 unspecified atom stereocenters. The number of fused-ring (bicyclic) bond motifs is 1. The highest BCUT2D eigenvalue weighted by Crippen LogP contribution is 2.12. The summed E-state index contributed by atoms with van der Waals surface area (Å²) in [6.07, 6.45) is 2.92. The van der Waals surface area contributed by atoms with Crippen molar-refractivity contribution in [2.75, 3.05) is 0 Å². The van der Waals surface area contributed by atoms with Crippen molar-refractivity contribution in [3.63, 3.8) is 0 Å². The third-order valence-electron chi connectivity index (χ3n) is 3.45. The van der Waals surface area contributed by atoms with E-state index in [0.29, 0.717) is 16.6 Å². The molecule has 0 saturated carbocycles. The zero-order valence-corrected chi connectivity index (χ0v) is 11.5. The Hall–Kier alpha value is -2.54. The maximum absolute atomic E-state index is 13.4. The van der Waals surface area contributed by atoms with Gasteiger partial charge in [-0.15, -0.1) is 0 Å². The number of rotatable bonds is 3. The van der Waals surface area contributed by atoms with E-state index in [1.54, 1.807) is 13.1 Å². The SMILES string of the molecule is Cn1ncc2c(=O)n(Cc3cc(F)ccc3CN)cnc21. The maximum Gasteiger partial charge on any atom is 0.264 e. The molecule has 0 atom stereocenters. The third-order valence-corrected chi connectivity index (χ3v) is 3.45. The molecule has 0 spiro atoms. The predicted molar refractivity (Wildman–Crippen MR) is 76.2 cm³/mol. The summed E-state index contributed by atoms with van der Waals surface area (Å²) in [5, 5.41) is 4.45. The summed E-state index contributed by atoms with van der Waals surface area (Å²) in [5.74, 6) is -0.356. The molecule has 0 fully saturated rings. The molecule has 6 nitrogen and oxygen atoms in total. The number of hydrogen-bond donors (Lipinski definition) is 1. The number of aryl methyl sites for hydroxylation is 1. The average molecular weight is 287 g/mol. The highest BCUT2D eigenvalue weighted by molar-refractivity contribution is 5.72. The van der Waals surface area contributed by atoms with Gasteiger partial charge in [0.1, 0.15) is 17.5 Å². The summed E-state index contributed by atoms with van der Waals surface area (Å²) in [5.41, 5.74) is 7.43. The van der Waals surface area contributed by atoms with E-state index in [1.807, 2.05) is 0 Å². The van der Waals surface area contributed by atoms with Gasteiger partial charge in [-0.25, -0.2) is 9.37 Å². The fraction of sp³-hybridized carbons (Fsp3) is 0.214. The van der Waals surface area contributed by atoms with Crippen LogP contribution in [0.15, 0.2) is 35.5 Å². The van der Waals surface area contributed by atoms with Gasteiger partial charge >= 0.3 is 0 Å². The molecule has 3 aromatic rings. The highest BCUT2D eigenvalue weighted by atomic mass is 19.1. The number of hydrogen-bond acceptors (Lipinski definition) is 4. The lowest BCUT2D eigenvalue weighted by Gasteiger charge is -2.10. The van der Waals surface area contributed by atoms with Crippen LogP contribution in [0.5, 0.6) is 0 Å². The Morgan fingerprint density at radius 1 is 1.33 bits per heavy atom. The van der Waals surface area contributed by atoms with E-state index in [2.05, 4.69) is 10.1 Å². The first-order valence-corrected chi connectivity index (χ1v) is 6.44. The molecule has 108 valence electrons. The van der Waals surface area contributed by atoms with E-state index in [4.69, 9.17) is 5.73 Å². The van der Waals surface area contributed by atoms with Crippen molar-refractivity contribution in [3.05, 3.63) is 58.0 Å². The molecular formula is C14H14FN5O. The van der Waals surface area contributed by atoms with Crippen molar-refractivity contribution >= 4 is 11.0 Å². The molecule has 0 aliphatic heterocycles. The van der Waals surface area contributed by atoms with Crippen LogP contribution in [-0.4, -0.2) is 19.3 Å². The fourth-order valence-corrected chi connectivity index (χ4v) is 2.30. The van der Waals surface area contributed by atoms with Gasteiger partial charge in [-0.3, -0.25) is 14.0 Å². The van der Waals surface area contributed by atoms with Gasteiger partial charge in [0.05, 0.1) is 12.7 Å². The van der Waals surface area contributed by atoms with Crippen molar-refractivity contribution < 1.29 is 4.39 Å². The predicted octanol–water partition coefficient (Wildman–Crippen LogP) is 0.776. The van der Waals surface area contributed by atoms with Crippen molar-refractivity contribution in [3.8, 4) is 0 Å². The normalized spacial score (nSPS) is 11.2. The zero-order valence-electron chi connectivity index (χ0n) is 11.5. The van der Waals surface area contributed by atoms with Gasteiger partial charge in [0, 0.05) is 13.6 Å². The van der Waals surface area contributed by atoms with Crippen LogP contribution in [0.2, 0.25) is 0 Å². The van der Waals surface area contributed by atoms with E-state index in [1.165, 1.54) is 33.9 Å². The van der Waals surface area contributed by atoms with E-state index < -0.39 is 0 Å². The molecule has 0 radical (unpaired) electrons. The molecule has 0 aliphatic rings. The number of nitrogens with two attached hydrogens (primary N) is 1. The lowest BCUT2D eigenvalue weighted by Crippen LogP contribution is -2.22. The van der Waals surface area contributed by atoms with Gasteiger partial charge in [0.25, 0.3) is 5.56 Å². The van der Waals surface area contributed by atoms with Crippen LogP contribution in [-0.2, 0) is 20.1 Å². The Kier molecular flexibility index (Phi) is 3.26. The molecule has 7 heteroatoms. The monoisotopic (exact) mass is 287 g/mol. The number of nitrogens with zero attached hydrogens (tertiary/aromatic N) is 4. The van der Waals surface area contributed by atoms with Crippen molar-refractivity contribution in [1.82, 2.24) is 19.3 Å². The molecule has 0 aliphatic carbocycles. The van der Waals surface area contributed by atoms with Gasteiger partial charge < -0.3 is 5.73 Å². The first-order chi connectivity index (χ1) is 10.1. The molecular weight excluding hydrogens is 273 g/mol. The molecule has 0 bridgehead atoms. The molecule has 2 aromatic heterocycles. The lowest BCUT2D eigenvalue weighted by atomic mass is 10.1. The minimum Gasteiger partial charge on any atom is -0.326 e. The first-order valence-electron chi connectivity index (χ1n) is 6.44. The first kappa shape index (κ1) is 13.4. The van der Waals surface area contributed by atoms with Gasteiger partial charge in [-0.2, -0.15) is 5.10 Å². The van der Waals surface area contributed by atoms with Crippen LogP contribution in [0.25, 0.3) is 11.0 Å². The minimum atomic E-state index is -0.356. The van der Waals surface area contributed by atoms with Gasteiger partial charge in [0.15, 0.2) is 5.65 Å². The number of aromatic nitrogens is 4.